The Morgan fingerprint density at radius 3 is 2.04 bits per heavy atom. The maximum atomic E-state index is 13.3. The van der Waals surface area contributed by atoms with E-state index in [1.807, 2.05) is 6.07 Å². The molecular weight excluding hydrogens is 604 g/mol. The zero-order valence-corrected chi connectivity index (χ0v) is 27.1. The van der Waals surface area contributed by atoms with Gasteiger partial charge in [-0.3, -0.25) is 19.4 Å². The van der Waals surface area contributed by atoms with Gasteiger partial charge in [-0.15, -0.1) is 0 Å². The Morgan fingerprint density at radius 1 is 0.851 bits per heavy atom. The Kier molecular flexibility index (Phi) is 17.1. The fourth-order valence-corrected chi connectivity index (χ4v) is 5.30. The average molecular weight is 653 g/mol. The summed E-state index contributed by atoms with van der Waals surface area (Å²) < 4.78 is 0. The number of benzene rings is 1. The standard InChI is InChI=1S/C36H48N2O9/c1-2-3-4-7-10-15-29(39)16-11-8-5-6-9-12-17-30(36(47,35(45)46)24-32(40)41)33(42)38-31(34(43)44)23-26-18-20-27(21-19-26)28-14-13-22-37-25-28/h12-14,17-22,25,30-31,47H,2-11,15-16,23-24H2,1H3,(H,38,42)(H,40,41)(H,43,44)(H,45,46)/b17-12+/t30-,31-,36-/m0/s1. The van der Waals surface area contributed by atoms with Crippen molar-refractivity contribution in [2.24, 2.45) is 5.92 Å². The number of nitrogens with one attached hydrogen (secondary N) is 1. The molecule has 0 aliphatic rings. The zero-order chi connectivity index (χ0) is 34.7. The summed E-state index contributed by atoms with van der Waals surface area (Å²) in [5.41, 5.74) is -0.728. The fourth-order valence-electron chi connectivity index (χ4n) is 5.30. The largest absolute Gasteiger partial charge is 0.481 e. The molecule has 1 aromatic heterocycles. The van der Waals surface area contributed by atoms with Gasteiger partial charge in [0.25, 0.3) is 0 Å². The third-order valence-corrected chi connectivity index (χ3v) is 8.06. The molecule has 0 unspecified atom stereocenters. The molecule has 5 N–H and O–H groups in total. The number of carboxylic acid groups (broad SMARTS) is 3. The summed E-state index contributed by atoms with van der Waals surface area (Å²) in [6.45, 7) is 2.15. The highest BCUT2D eigenvalue weighted by atomic mass is 16.4. The van der Waals surface area contributed by atoms with Crippen molar-refractivity contribution in [1.82, 2.24) is 10.3 Å². The number of amides is 1. The van der Waals surface area contributed by atoms with Crippen molar-refractivity contribution in [2.45, 2.75) is 108 Å². The van der Waals surface area contributed by atoms with E-state index < -0.39 is 47.8 Å². The molecular formula is C36H48N2O9. The van der Waals surface area contributed by atoms with Crippen LogP contribution < -0.4 is 5.32 Å². The molecule has 0 saturated carbocycles. The van der Waals surface area contributed by atoms with Gasteiger partial charge in [0, 0.05) is 31.7 Å². The number of carbonyl (C=O) groups is 5. The van der Waals surface area contributed by atoms with Crippen LogP contribution in [0.5, 0.6) is 0 Å². The summed E-state index contributed by atoms with van der Waals surface area (Å²) in [6.07, 6.45) is 14.6. The number of nitrogens with zero attached hydrogens (tertiary/aromatic N) is 1. The number of pyridine rings is 1. The van der Waals surface area contributed by atoms with Crippen molar-refractivity contribution in [3.05, 3.63) is 66.5 Å². The van der Waals surface area contributed by atoms with Gasteiger partial charge < -0.3 is 25.7 Å². The number of aliphatic carboxylic acids is 3. The normalized spacial score (nSPS) is 13.8. The second-order valence-electron chi connectivity index (χ2n) is 11.9. The summed E-state index contributed by atoms with van der Waals surface area (Å²) in [5, 5.41) is 42.1. The van der Waals surface area contributed by atoms with Gasteiger partial charge in [-0.25, -0.2) is 9.59 Å². The van der Waals surface area contributed by atoms with E-state index in [9.17, 15) is 44.4 Å². The molecule has 2 rings (SSSR count). The van der Waals surface area contributed by atoms with Crippen molar-refractivity contribution in [3.8, 4) is 11.1 Å². The highest BCUT2D eigenvalue weighted by Gasteiger charge is 2.49. The molecule has 1 amide bonds. The number of rotatable bonds is 24. The third-order valence-electron chi connectivity index (χ3n) is 8.06. The number of ketones is 1. The van der Waals surface area contributed by atoms with Crippen molar-refractivity contribution >= 4 is 29.6 Å². The van der Waals surface area contributed by atoms with Crippen LogP contribution in [0.25, 0.3) is 11.1 Å². The molecule has 0 aliphatic heterocycles. The Hall–Kier alpha value is -4.38. The van der Waals surface area contributed by atoms with Crippen LogP contribution in [-0.2, 0) is 30.4 Å². The van der Waals surface area contributed by atoms with Crippen molar-refractivity contribution in [1.29, 1.82) is 0 Å². The number of Topliss-reactive ketones (excluding diaryl/α,β-unsaturated/α-hetero) is 1. The van der Waals surface area contributed by atoms with Gasteiger partial charge in [0.15, 0.2) is 5.60 Å². The van der Waals surface area contributed by atoms with Crippen LogP contribution in [0.15, 0.2) is 60.9 Å². The molecule has 1 aromatic carbocycles. The zero-order valence-electron chi connectivity index (χ0n) is 27.1. The molecule has 0 spiro atoms. The molecule has 0 saturated heterocycles. The smallest absolute Gasteiger partial charge is 0.337 e. The second kappa shape index (κ2) is 20.7. The predicted molar refractivity (Wildman–Crippen MR) is 176 cm³/mol. The summed E-state index contributed by atoms with van der Waals surface area (Å²) in [6, 6.07) is 9.13. The van der Waals surface area contributed by atoms with E-state index in [2.05, 4.69) is 17.2 Å². The minimum Gasteiger partial charge on any atom is -0.481 e. The number of aliphatic hydroxyl groups is 1. The van der Waals surface area contributed by atoms with E-state index in [4.69, 9.17) is 0 Å². The average Bonchev–Trinajstić information content (AvgIpc) is 3.03. The lowest BCUT2D eigenvalue weighted by molar-refractivity contribution is -0.172. The first-order valence-electron chi connectivity index (χ1n) is 16.4. The van der Waals surface area contributed by atoms with E-state index in [1.165, 1.54) is 12.5 Å². The molecule has 2 aromatic rings. The van der Waals surface area contributed by atoms with Crippen LogP contribution >= 0.6 is 0 Å². The Balaban J connectivity index is 2.01. The maximum absolute atomic E-state index is 13.3. The lowest BCUT2D eigenvalue weighted by atomic mass is 9.82. The minimum absolute atomic E-state index is 0.142. The minimum atomic E-state index is -3.02. The number of unbranched alkanes of at least 4 members (excludes halogenated alkanes) is 8. The number of allylic oxidation sites excluding steroid dienone is 1. The molecule has 3 atom stereocenters. The van der Waals surface area contributed by atoms with Gasteiger partial charge in [0.1, 0.15) is 11.8 Å². The molecule has 0 radical (unpaired) electrons. The highest BCUT2D eigenvalue weighted by Crippen LogP contribution is 2.26. The van der Waals surface area contributed by atoms with Gasteiger partial charge in [-0.05, 0) is 48.4 Å². The van der Waals surface area contributed by atoms with Crippen molar-refractivity contribution < 1.29 is 44.4 Å². The first-order valence-corrected chi connectivity index (χ1v) is 16.4. The number of hydrogen-bond donors (Lipinski definition) is 5. The van der Waals surface area contributed by atoms with Crippen molar-refractivity contribution in [2.75, 3.05) is 0 Å². The first-order chi connectivity index (χ1) is 22.5. The maximum Gasteiger partial charge on any atom is 0.337 e. The van der Waals surface area contributed by atoms with Gasteiger partial charge in [0.05, 0.1) is 12.3 Å². The van der Waals surface area contributed by atoms with Gasteiger partial charge >= 0.3 is 17.9 Å². The van der Waals surface area contributed by atoms with Crippen LogP contribution in [-0.4, -0.2) is 66.7 Å². The van der Waals surface area contributed by atoms with E-state index in [0.717, 1.165) is 62.1 Å². The number of aromatic nitrogens is 1. The van der Waals surface area contributed by atoms with E-state index in [-0.39, 0.29) is 12.2 Å². The molecule has 0 aliphatic carbocycles. The SMILES string of the molecule is CCCCCCCC(=O)CCCCCC/C=C/[C@@H](C(=O)N[C@@H](Cc1ccc(-c2cccnc2)cc1)C(=O)O)[C@@](O)(CC(=O)O)C(=O)O. The van der Waals surface area contributed by atoms with E-state index >= 15 is 0 Å². The van der Waals surface area contributed by atoms with Crippen LogP contribution in [0, 0.1) is 5.92 Å². The number of carboxylic acids is 3. The summed E-state index contributed by atoms with van der Waals surface area (Å²) in [4.78, 5) is 65.1. The molecule has 0 bridgehead atoms. The lowest BCUT2D eigenvalue weighted by Gasteiger charge is -2.29. The van der Waals surface area contributed by atoms with Gasteiger partial charge in [0.2, 0.25) is 5.91 Å². The van der Waals surface area contributed by atoms with E-state index in [1.54, 1.807) is 42.7 Å². The summed E-state index contributed by atoms with van der Waals surface area (Å²) >= 11 is 0. The molecule has 0 fully saturated rings. The van der Waals surface area contributed by atoms with Crippen LogP contribution in [0.4, 0.5) is 0 Å². The summed E-state index contributed by atoms with van der Waals surface area (Å²) in [7, 11) is 0. The predicted octanol–water partition coefficient (Wildman–Crippen LogP) is 5.59. The number of hydrogen-bond acceptors (Lipinski definition) is 7. The van der Waals surface area contributed by atoms with Gasteiger partial charge in [-0.2, -0.15) is 0 Å². The Bertz CT molecular complexity index is 1330. The van der Waals surface area contributed by atoms with Crippen LogP contribution in [0.1, 0.15) is 96.0 Å². The Morgan fingerprint density at radius 2 is 1.49 bits per heavy atom. The third kappa shape index (κ3) is 13.9. The summed E-state index contributed by atoms with van der Waals surface area (Å²) in [5.74, 6) is -7.67. The number of carbonyl (C=O) groups excluding carboxylic acids is 2. The monoisotopic (exact) mass is 652 g/mol. The van der Waals surface area contributed by atoms with Crippen molar-refractivity contribution in [3.63, 3.8) is 0 Å². The van der Waals surface area contributed by atoms with Crippen LogP contribution in [0.2, 0.25) is 0 Å². The molecule has 47 heavy (non-hydrogen) atoms. The van der Waals surface area contributed by atoms with Crippen LogP contribution in [0.3, 0.4) is 0 Å². The lowest BCUT2D eigenvalue weighted by Crippen LogP contribution is -2.55. The van der Waals surface area contributed by atoms with Gasteiger partial charge in [-0.1, -0.05) is 87.9 Å². The second-order valence-corrected chi connectivity index (χ2v) is 11.9. The molecule has 11 heteroatoms. The molecule has 11 nitrogen and oxygen atoms in total. The Labute approximate surface area is 276 Å². The van der Waals surface area contributed by atoms with E-state index in [0.29, 0.717) is 31.2 Å². The first kappa shape index (κ1) is 38.8. The molecule has 256 valence electrons. The fraction of sp³-hybridized carbons (Fsp3) is 0.500. The quantitative estimate of drug-likeness (QED) is 0.0705. The highest BCUT2D eigenvalue weighted by molar-refractivity contribution is 5.94. The molecule has 1 heterocycles. The topological polar surface area (TPSA) is 191 Å².